The number of fused-ring (bicyclic) bond motifs is 1. The normalized spacial score (nSPS) is 30.5. The Labute approximate surface area is 113 Å². The molecule has 1 aliphatic heterocycles. The van der Waals surface area contributed by atoms with Gasteiger partial charge in [0.15, 0.2) is 6.79 Å². The highest BCUT2D eigenvalue weighted by atomic mass is 16.8. The van der Waals surface area contributed by atoms with Crippen LogP contribution in [0.25, 0.3) is 0 Å². The van der Waals surface area contributed by atoms with Gasteiger partial charge in [0, 0.05) is 13.0 Å². The van der Waals surface area contributed by atoms with Crippen molar-refractivity contribution in [1.82, 2.24) is 0 Å². The number of hydrogen-bond donors (Lipinski definition) is 0. The summed E-state index contributed by atoms with van der Waals surface area (Å²) in [6.45, 7) is 6.09. The summed E-state index contributed by atoms with van der Waals surface area (Å²) >= 11 is 0. The van der Waals surface area contributed by atoms with Gasteiger partial charge in [0.2, 0.25) is 11.9 Å². The van der Waals surface area contributed by atoms with Gasteiger partial charge in [-0.1, -0.05) is 5.16 Å². The lowest BCUT2D eigenvalue weighted by atomic mass is 9.88. The highest BCUT2D eigenvalue weighted by molar-refractivity contribution is 5.95. The first-order chi connectivity index (χ1) is 9.10. The van der Waals surface area contributed by atoms with E-state index in [2.05, 4.69) is 5.16 Å². The standard InChI is InChI=1S/C13H21NO5/c1-4-16-8-17-10(3)18-12(15)13-7-5-6-11(13)9(2)14-19-13/h10-11H,4-8H2,1-3H3. The molecule has 6 heteroatoms. The highest BCUT2D eigenvalue weighted by Crippen LogP contribution is 2.44. The lowest BCUT2D eigenvalue weighted by Crippen LogP contribution is -2.45. The smallest absolute Gasteiger partial charge is 0.356 e. The molecule has 0 amide bonds. The Bertz CT molecular complexity index is 370. The Morgan fingerprint density at radius 2 is 2.42 bits per heavy atom. The predicted molar refractivity (Wildman–Crippen MR) is 67.4 cm³/mol. The molecule has 0 bridgehead atoms. The van der Waals surface area contributed by atoms with Crippen LogP contribution in [0, 0.1) is 5.92 Å². The van der Waals surface area contributed by atoms with Gasteiger partial charge < -0.3 is 19.0 Å². The third-order valence-electron chi connectivity index (χ3n) is 3.67. The molecule has 0 aromatic carbocycles. The first kappa shape index (κ1) is 14.3. The minimum Gasteiger partial charge on any atom is -0.433 e. The van der Waals surface area contributed by atoms with Crippen LogP contribution in [0.2, 0.25) is 0 Å². The van der Waals surface area contributed by atoms with E-state index in [4.69, 9.17) is 19.0 Å². The quantitative estimate of drug-likeness (QED) is 0.419. The number of hydrogen-bond acceptors (Lipinski definition) is 6. The van der Waals surface area contributed by atoms with E-state index in [0.29, 0.717) is 13.0 Å². The summed E-state index contributed by atoms with van der Waals surface area (Å²) in [4.78, 5) is 17.7. The fourth-order valence-corrected chi connectivity index (χ4v) is 2.64. The molecule has 0 N–H and O–H groups in total. The molecule has 0 aromatic rings. The van der Waals surface area contributed by atoms with Gasteiger partial charge in [0.05, 0.1) is 11.6 Å². The van der Waals surface area contributed by atoms with Crippen molar-refractivity contribution < 1.29 is 23.8 Å². The van der Waals surface area contributed by atoms with Crippen molar-refractivity contribution in [3.8, 4) is 0 Å². The minimum absolute atomic E-state index is 0.0408. The van der Waals surface area contributed by atoms with Crippen LogP contribution in [-0.4, -0.2) is 37.0 Å². The number of nitrogens with zero attached hydrogens (tertiary/aromatic N) is 1. The van der Waals surface area contributed by atoms with E-state index in [9.17, 15) is 4.79 Å². The Hall–Kier alpha value is -1.14. The van der Waals surface area contributed by atoms with Crippen LogP contribution in [0.5, 0.6) is 0 Å². The zero-order valence-corrected chi connectivity index (χ0v) is 11.7. The highest BCUT2D eigenvalue weighted by Gasteiger charge is 2.58. The van der Waals surface area contributed by atoms with E-state index in [1.54, 1.807) is 6.92 Å². The summed E-state index contributed by atoms with van der Waals surface area (Å²) in [5.41, 5.74) is -0.0508. The molecule has 1 heterocycles. The van der Waals surface area contributed by atoms with Crippen LogP contribution in [-0.2, 0) is 23.8 Å². The van der Waals surface area contributed by atoms with Gasteiger partial charge in [-0.25, -0.2) is 4.79 Å². The van der Waals surface area contributed by atoms with E-state index >= 15 is 0 Å². The van der Waals surface area contributed by atoms with Gasteiger partial charge in [-0.2, -0.15) is 0 Å². The van der Waals surface area contributed by atoms with Crippen LogP contribution in [0.3, 0.4) is 0 Å². The molecule has 0 radical (unpaired) electrons. The molecule has 0 spiro atoms. The maximum atomic E-state index is 12.3. The number of esters is 1. The molecule has 1 saturated carbocycles. The third kappa shape index (κ3) is 2.74. The lowest BCUT2D eigenvalue weighted by Gasteiger charge is -2.26. The minimum atomic E-state index is -0.923. The van der Waals surface area contributed by atoms with Crippen LogP contribution < -0.4 is 0 Å². The maximum absolute atomic E-state index is 12.3. The van der Waals surface area contributed by atoms with Gasteiger partial charge in [0.1, 0.15) is 0 Å². The van der Waals surface area contributed by atoms with Crippen molar-refractivity contribution in [2.24, 2.45) is 11.1 Å². The summed E-state index contributed by atoms with van der Waals surface area (Å²) in [7, 11) is 0. The van der Waals surface area contributed by atoms with E-state index in [0.717, 1.165) is 18.6 Å². The SMILES string of the molecule is CCOCOC(C)OC(=O)C12CCCC1C(C)=NO2. The van der Waals surface area contributed by atoms with Crippen molar-refractivity contribution in [3.05, 3.63) is 0 Å². The van der Waals surface area contributed by atoms with Crippen molar-refractivity contribution in [2.75, 3.05) is 13.4 Å². The summed E-state index contributed by atoms with van der Waals surface area (Å²) in [5.74, 6) is -0.348. The third-order valence-corrected chi connectivity index (χ3v) is 3.67. The van der Waals surface area contributed by atoms with Gasteiger partial charge in [0.25, 0.3) is 0 Å². The Morgan fingerprint density at radius 1 is 1.63 bits per heavy atom. The summed E-state index contributed by atoms with van der Waals surface area (Å²) < 4.78 is 15.6. The van der Waals surface area contributed by atoms with Gasteiger partial charge >= 0.3 is 5.97 Å². The van der Waals surface area contributed by atoms with E-state index in [-0.39, 0.29) is 18.7 Å². The summed E-state index contributed by atoms with van der Waals surface area (Å²) in [5, 5.41) is 3.95. The lowest BCUT2D eigenvalue weighted by molar-refractivity contribution is -0.214. The van der Waals surface area contributed by atoms with Crippen molar-refractivity contribution in [3.63, 3.8) is 0 Å². The van der Waals surface area contributed by atoms with Gasteiger partial charge in [-0.15, -0.1) is 0 Å². The van der Waals surface area contributed by atoms with Gasteiger partial charge in [-0.05, 0) is 33.6 Å². The average Bonchev–Trinajstić information content (AvgIpc) is 2.92. The monoisotopic (exact) mass is 271 g/mol. The molecule has 3 unspecified atom stereocenters. The second-order valence-corrected chi connectivity index (χ2v) is 4.91. The van der Waals surface area contributed by atoms with Crippen molar-refractivity contribution in [1.29, 1.82) is 0 Å². The molecule has 1 aliphatic carbocycles. The van der Waals surface area contributed by atoms with Gasteiger partial charge in [-0.3, -0.25) is 0 Å². The summed E-state index contributed by atoms with van der Waals surface area (Å²) in [6.07, 6.45) is 1.86. The topological polar surface area (TPSA) is 66.4 Å². The van der Waals surface area contributed by atoms with Crippen LogP contribution in [0.15, 0.2) is 5.16 Å². The Morgan fingerprint density at radius 3 is 3.16 bits per heavy atom. The molecule has 19 heavy (non-hydrogen) atoms. The first-order valence-corrected chi connectivity index (χ1v) is 6.73. The van der Waals surface area contributed by atoms with Crippen molar-refractivity contribution in [2.45, 2.75) is 51.9 Å². The van der Waals surface area contributed by atoms with Crippen LogP contribution in [0.4, 0.5) is 0 Å². The second kappa shape index (κ2) is 5.88. The second-order valence-electron chi connectivity index (χ2n) is 4.91. The molecule has 2 rings (SSSR count). The molecule has 3 atom stereocenters. The number of oxime groups is 1. The molecule has 108 valence electrons. The Kier molecular flexibility index (Phi) is 4.42. The zero-order valence-electron chi connectivity index (χ0n) is 11.7. The molecule has 0 aromatic heterocycles. The molecule has 6 nitrogen and oxygen atoms in total. The molecular weight excluding hydrogens is 250 g/mol. The van der Waals surface area contributed by atoms with Crippen LogP contribution >= 0.6 is 0 Å². The number of carbonyl (C=O) groups is 1. The largest absolute Gasteiger partial charge is 0.433 e. The predicted octanol–water partition coefficient (Wildman–Crippen LogP) is 1.83. The zero-order chi connectivity index (χ0) is 13.9. The fourth-order valence-electron chi connectivity index (χ4n) is 2.64. The van der Waals surface area contributed by atoms with Crippen LogP contribution in [0.1, 0.15) is 40.0 Å². The number of ether oxygens (including phenoxy) is 3. The fraction of sp³-hybridized carbons (Fsp3) is 0.846. The number of rotatable bonds is 6. The summed E-state index contributed by atoms with van der Waals surface area (Å²) in [6, 6.07) is 0. The average molecular weight is 271 g/mol. The van der Waals surface area contributed by atoms with E-state index < -0.39 is 11.9 Å². The molecular formula is C13H21NO5. The first-order valence-electron chi connectivity index (χ1n) is 6.73. The molecule has 1 fully saturated rings. The number of carbonyl (C=O) groups excluding carboxylic acids is 1. The molecule has 2 aliphatic rings. The maximum Gasteiger partial charge on any atom is 0.356 e. The van der Waals surface area contributed by atoms with Crippen molar-refractivity contribution >= 4 is 11.7 Å². The Balaban J connectivity index is 1.89. The van der Waals surface area contributed by atoms with E-state index in [1.807, 2.05) is 13.8 Å². The van der Waals surface area contributed by atoms with E-state index in [1.165, 1.54) is 0 Å². The molecule has 0 saturated heterocycles.